The second-order valence-electron chi connectivity index (χ2n) is 5.13. The van der Waals surface area contributed by atoms with Crippen LogP contribution in [0.4, 0.5) is 4.79 Å². The van der Waals surface area contributed by atoms with Crippen molar-refractivity contribution < 1.29 is 18.6 Å². The maximum absolute atomic E-state index is 11.4. The van der Waals surface area contributed by atoms with Gasteiger partial charge in [0.1, 0.15) is 5.60 Å². The lowest BCUT2D eigenvalue weighted by Gasteiger charge is -2.39. The molecule has 1 rings (SSSR count). The monoisotopic (exact) mass is 251 g/mol. The molecule has 0 aliphatic carbocycles. The van der Waals surface area contributed by atoms with Crippen molar-refractivity contribution in [3.63, 3.8) is 0 Å². The molecule has 1 aliphatic rings. The van der Waals surface area contributed by atoms with Crippen LogP contribution in [0.5, 0.6) is 0 Å². The summed E-state index contributed by atoms with van der Waals surface area (Å²) >= 11 is 0. The van der Waals surface area contributed by atoms with Crippen LogP contribution in [0.1, 0.15) is 33.6 Å². The normalized spacial score (nSPS) is 23.6. The Balaban J connectivity index is 2.32. The van der Waals surface area contributed by atoms with Crippen molar-refractivity contribution in [3.05, 3.63) is 0 Å². The third-order valence-electron chi connectivity index (χ3n) is 2.31. The van der Waals surface area contributed by atoms with E-state index in [2.05, 4.69) is 5.32 Å². The summed E-state index contributed by atoms with van der Waals surface area (Å²) in [4.78, 5) is 11.4. The molecular weight excluding hydrogens is 230 g/mol. The molecule has 0 unspecified atom stereocenters. The third-order valence-corrected chi connectivity index (χ3v) is 4.09. The number of rotatable bonds is 1. The maximum atomic E-state index is 11.4. The van der Waals surface area contributed by atoms with Gasteiger partial charge in [-0.25, -0.2) is 4.79 Å². The van der Waals surface area contributed by atoms with Crippen LogP contribution in [-0.2, 0) is 4.74 Å². The van der Waals surface area contributed by atoms with Gasteiger partial charge in [0.25, 0.3) is 0 Å². The topological polar surface area (TPSA) is 78.8 Å². The van der Waals surface area contributed by atoms with Gasteiger partial charge in [-0.2, -0.15) is 10.6 Å². The maximum Gasteiger partial charge on any atom is 0.407 e. The van der Waals surface area contributed by atoms with E-state index in [1.54, 1.807) is 0 Å². The fourth-order valence-electron chi connectivity index (χ4n) is 1.53. The van der Waals surface area contributed by atoms with Crippen molar-refractivity contribution >= 4 is 16.7 Å². The molecule has 0 aromatic heterocycles. The molecule has 0 saturated carbocycles. The molecule has 16 heavy (non-hydrogen) atoms. The molecule has 0 aromatic rings. The van der Waals surface area contributed by atoms with Gasteiger partial charge < -0.3 is 10.1 Å². The second kappa shape index (κ2) is 4.81. The lowest BCUT2D eigenvalue weighted by molar-refractivity contribution is 0.0500. The van der Waals surface area contributed by atoms with E-state index in [-0.39, 0.29) is 6.04 Å². The minimum Gasteiger partial charge on any atom is -0.444 e. The highest BCUT2D eigenvalue weighted by molar-refractivity contribution is 8.24. The SMILES string of the molecule is CC(C)(C)OC(=O)NC1CCS(O)(O)CC1. The number of ether oxygens (including phenoxy) is 1. The molecular formula is C10H21NO4S. The van der Waals surface area contributed by atoms with Gasteiger partial charge in [0.05, 0.1) is 0 Å². The van der Waals surface area contributed by atoms with Crippen LogP contribution in [0.2, 0.25) is 0 Å². The van der Waals surface area contributed by atoms with Crippen LogP contribution in [0.25, 0.3) is 0 Å². The molecule has 1 aliphatic heterocycles. The molecule has 0 spiro atoms. The minimum atomic E-state index is -2.38. The van der Waals surface area contributed by atoms with E-state index in [0.717, 1.165) is 0 Å². The van der Waals surface area contributed by atoms with Gasteiger partial charge in [-0.15, -0.1) is 0 Å². The van der Waals surface area contributed by atoms with Gasteiger partial charge in [-0.05, 0) is 33.6 Å². The Bertz CT molecular complexity index is 252. The molecule has 1 fully saturated rings. The summed E-state index contributed by atoms with van der Waals surface area (Å²) in [5.74, 6) is 0.737. The van der Waals surface area contributed by atoms with E-state index in [4.69, 9.17) is 4.74 Å². The van der Waals surface area contributed by atoms with E-state index < -0.39 is 22.3 Å². The van der Waals surface area contributed by atoms with Gasteiger partial charge in [0.15, 0.2) is 0 Å². The summed E-state index contributed by atoms with van der Waals surface area (Å²) in [7, 11) is -2.38. The first-order chi connectivity index (χ1) is 7.18. The number of amides is 1. The zero-order valence-electron chi connectivity index (χ0n) is 10.0. The Morgan fingerprint density at radius 3 is 2.25 bits per heavy atom. The summed E-state index contributed by atoms with van der Waals surface area (Å²) in [5.41, 5.74) is -0.498. The highest BCUT2D eigenvalue weighted by atomic mass is 32.3. The molecule has 1 saturated heterocycles. The van der Waals surface area contributed by atoms with Crippen LogP contribution in [0.15, 0.2) is 0 Å². The Morgan fingerprint density at radius 1 is 1.31 bits per heavy atom. The third kappa shape index (κ3) is 5.05. The summed E-state index contributed by atoms with van der Waals surface area (Å²) in [6, 6.07) is -0.00484. The number of nitrogens with one attached hydrogen (secondary N) is 1. The van der Waals surface area contributed by atoms with Crippen molar-refractivity contribution in [1.29, 1.82) is 0 Å². The average molecular weight is 251 g/mol. The molecule has 0 atom stereocenters. The molecule has 6 heteroatoms. The number of alkyl carbamates (subject to hydrolysis) is 1. The molecule has 3 N–H and O–H groups in total. The minimum absolute atomic E-state index is 0.00484. The van der Waals surface area contributed by atoms with Crippen molar-refractivity contribution in [2.75, 3.05) is 11.5 Å². The molecule has 0 aromatic carbocycles. The van der Waals surface area contributed by atoms with Crippen LogP contribution in [0.3, 0.4) is 0 Å². The number of carbonyl (C=O) groups is 1. The molecule has 1 amide bonds. The highest BCUT2D eigenvalue weighted by Gasteiger charge is 2.26. The summed E-state index contributed by atoms with van der Waals surface area (Å²) in [5, 5.41) is 2.74. The molecule has 5 nitrogen and oxygen atoms in total. The molecule has 0 bridgehead atoms. The van der Waals surface area contributed by atoms with Crippen LogP contribution < -0.4 is 5.32 Å². The molecule has 1 heterocycles. The summed E-state index contributed by atoms with van der Waals surface area (Å²) in [6.45, 7) is 5.43. The van der Waals surface area contributed by atoms with Gasteiger partial charge >= 0.3 is 6.09 Å². The largest absolute Gasteiger partial charge is 0.444 e. The summed E-state index contributed by atoms with van der Waals surface area (Å²) < 4.78 is 23.9. The Morgan fingerprint density at radius 2 is 1.81 bits per heavy atom. The number of carbonyl (C=O) groups excluding carboxylic acids is 1. The molecule has 0 radical (unpaired) electrons. The zero-order chi connectivity index (χ0) is 12.4. The van der Waals surface area contributed by atoms with Gasteiger partial charge in [0.2, 0.25) is 0 Å². The zero-order valence-corrected chi connectivity index (χ0v) is 10.8. The number of hydrogen-bond donors (Lipinski definition) is 3. The van der Waals surface area contributed by atoms with Gasteiger partial charge in [-0.1, -0.05) is 0 Å². The van der Waals surface area contributed by atoms with E-state index in [1.807, 2.05) is 20.8 Å². The van der Waals surface area contributed by atoms with E-state index in [9.17, 15) is 13.9 Å². The van der Waals surface area contributed by atoms with E-state index in [0.29, 0.717) is 24.3 Å². The lowest BCUT2D eigenvalue weighted by Crippen LogP contribution is -2.42. The Kier molecular flexibility index (Phi) is 4.09. The van der Waals surface area contributed by atoms with Crippen molar-refractivity contribution in [3.8, 4) is 0 Å². The first-order valence-corrected chi connectivity index (χ1v) is 7.30. The highest BCUT2D eigenvalue weighted by Crippen LogP contribution is 2.43. The Hall–Kier alpha value is -0.460. The van der Waals surface area contributed by atoms with Gasteiger partial charge in [0, 0.05) is 17.5 Å². The van der Waals surface area contributed by atoms with Crippen LogP contribution in [0, 0.1) is 0 Å². The van der Waals surface area contributed by atoms with Crippen molar-refractivity contribution in [1.82, 2.24) is 5.32 Å². The second-order valence-corrected chi connectivity index (χ2v) is 7.55. The van der Waals surface area contributed by atoms with Crippen LogP contribution in [-0.4, -0.2) is 38.3 Å². The lowest BCUT2D eigenvalue weighted by atomic mass is 10.1. The predicted molar refractivity (Wildman–Crippen MR) is 65.0 cm³/mol. The standard InChI is InChI=1S/C10H21NO4S/c1-10(2,3)15-9(12)11-8-4-6-16(13,14)7-5-8/h8,13-14H,4-7H2,1-3H3,(H,11,12). The fourth-order valence-corrected chi connectivity index (χ4v) is 3.06. The van der Waals surface area contributed by atoms with Crippen molar-refractivity contribution in [2.45, 2.75) is 45.3 Å². The molecule has 96 valence electrons. The smallest absolute Gasteiger partial charge is 0.407 e. The quantitative estimate of drug-likeness (QED) is 0.668. The fraction of sp³-hybridized carbons (Fsp3) is 0.900. The van der Waals surface area contributed by atoms with E-state index in [1.165, 1.54) is 0 Å². The average Bonchev–Trinajstić information content (AvgIpc) is 2.05. The van der Waals surface area contributed by atoms with Gasteiger partial charge in [-0.3, -0.25) is 9.11 Å². The Labute approximate surface area is 97.9 Å². The van der Waals surface area contributed by atoms with Crippen molar-refractivity contribution in [2.24, 2.45) is 0 Å². The van der Waals surface area contributed by atoms with Crippen LogP contribution >= 0.6 is 10.6 Å². The summed E-state index contributed by atoms with van der Waals surface area (Å²) in [6.07, 6.45) is 0.763. The number of hydrogen-bond acceptors (Lipinski definition) is 4. The first kappa shape index (κ1) is 13.6. The first-order valence-electron chi connectivity index (χ1n) is 5.41. The van der Waals surface area contributed by atoms with E-state index >= 15 is 0 Å². The predicted octanol–water partition coefficient (Wildman–Crippen LogP) is 2.42.